The number of aliphatic hydroxyl groups is 1. The Bertz CT molecular complexity index is 449. The quantitative estimate of drug-likeness (QED) is 0.844. The summed E-state index contributed by atoms with van der Waals surface area (Å²) in [6.07, 6.45) is -0.318. The number of rotatable bonds is 5. The lowest BCUT2D eigenvalue weighted by Gasteiger charge is -2.25. The zero-order valence-corrected chi connectivity index (χ0v) is 11.3. The van der Waals surface area contributed by atoms with Crippen molar-refractivity contribution in [3.8, 4) is 5.75 Å². The van der Waals surface area contributed by atoms with Gasteiger partial charge in [0.1, 0.15) is 5.75 Å². The van der Waals surface area contributed by atoms with Gasteiger partial charge in [0, 0.05) is 0 Å². The number of hydrogen-bond donors (Lipinski definition) is 2. The average Bonchev–Trinajstić information content (AvgIpc) is 2.21. The van der Waals surface area contributed by atoms with E-state index >= 15 is 0 Å². The Kier molecular flexibility index (Phi) is 4.35. The van der Waals surface area contributed by atoms with Crippen LogP contribution in [0.15, 0.2) is 12.1 Å². The molecule has 2 N–H and O–H groups in total. The number of carbonyl (C=O) groups is 1. The van der Waals surface area contributed by atoms with Crippen LogP contribution < -0.4 is 4.74 Å². The Balaban J connectivity index is 3.18. The molecule has 0 radical (unpaired) electrons. The molecule has 1 atom stereocenters. The Hall–Kier alpha value is -1.55. The molecule has 100 valence electrons. The van der Waals surface area contributed by atoms with Gasteiger partial charge in [-0.2, -0.15) is 0 Å². The van der Waals surface area contributed by atoms with Gasteiger partial charge in [-0.05, 0) is 56.5 Å². The molecule has 1 aromatic rings. The molecule has 0 fully saturated rings. The fourth-order valence-electron chi connectivity index (χ4n) is 2.07. The highest BCUT2D eigenvalue weighted by atomic mass is 16.5. The van der Waals surface area contributed by atoms with E-state index in [0.717, 1.165) is 16.9 Å². The first-order valence-corrected chi connectivity index (χ1v) is 5.96. The van der Waals surface area contributed by atoms with Gasteiger partial charge in [0.05, 0.1) is 18.6 Å². The molecule has 18 heavy (non-hydrogen) atoms. The molecule has 0 spiro atoms. The minimum atomic E-state index is -1.37. The van der Waals surface area contributed by atoms with E-state index in [0.29, 0.717) is 12.2 Å². The summed E-state index contributed by atoms with van der Waals surface area (Å²) in [4.78, 5) is 10.8. The third-order valence-corrected chi connectivity index (χ3v) is 2.90. The molecular weight excluding hydrogens is 232 g/mol. The zero-order chi connectivity index (χ0) is 13.9. The smallest absolute Gasteiger partial charge is 0.306 e. The maximum Gasteiger partial charge on any atom is 0.306 e. The third kappa shape index (κ3) is 3.23. The molecule has 0 heterocycles. The van der Waals surface area contributed by atoms with Crippen molar-refractivity contribution in [2.24, 2.45) is 0 Å². The van der Waals surface area contributed by atoms with Crippen molar-refractivity contribution in [3.63, 3.8) is 0 Å². The van der Waals surface area contributed by atoms with E-state index in [2.05, 4.69) is 0 Å². The molecule has 1 aromatic carbocycles. The van der Waals surface area contributed by atoms with E-state index in [4.69, 9.17) is 9.84 Å². The van der Waals surface area contributed by atoms with Gasteiger partial charge in [0.2, 0.25) is 0 Å². The van der Waals surface area contributed by atoms with Crippen LogP contribution in [0.4, 0.5) is 0 Å². The normalized spacial score (nSPS) is 14.1. The lowest BCUT2D eigenvalue weighted by atomic mass is 9.88. The maximum atomic E-state index is 10.8. The molecule has 0 aliphatic rings. The molecule has 1 rings (SSSR count). The number of carboxylic acid groups (broad SMARTS) is 1. The summed E-state index contributed by atoms with van der Waals surface area (Å²) in [6.45, 7) is 7.72. The SMILES string of the molecule is CCOc1cc(C)c(C(C)(O)CC(=O)O)cc1C. The molecule has 4 heteroatoms. The monoisotopic (exact) mass is 252 g/mol. The molecule has 0 aliphatic heterocycles. The fourth-order valence-corrected chi connectivity index (χ4v) is 2.07. The molecule has 0 aromatic heterocycles. The van der Waals surface area contributed by atoms with Crippen LogP contribution in [-0.2, 0) is 10.4 Å². The second-order valence-electron chi connectivity index (χ2n) is 4.71. The molecule has 0 saturated heterocycles. The fraction of sp³-hybridized carbons (Fsp3) is 0.500. The largest absolute Gasteiger partial charge is 0.494 e. The Morgan fingerprint density at radius 1 is 1.33 bits per heavy atom. The zero-order valence-electron chi connectivity index (χ0n) is 11.3. The molecule has 0 amide bonds. The van der Waals surface area contributed by atoms with Gasteiger partial charge in [-0.1, -0.05) is 0 Å². The molecule has 0 saturated carbocycles. The van der Waals surface area contributed by atoms with Crippen LogP contribution in [0.1, 0.15) is 37.0 Å². The van der Waals surface area contributed by atoms with Crippen molar-refractivity contribution in [1.82, 2.24) is 0 Å². The van der Waals surface area contributed by atoms with Crippen LogP contribution in [0, 0.1) is 13.8 Å². The third-order valence-electron chi connectivity index (χ3n) is 2.90. The summed E-state index contributed by atoms with van der Waals surface area (Å²) in [5.41, 5.74) is 0.982. The van der Waals surface area contributed by atoms with E-state index < -0.39 is 11.6 Å². The number of ether oxygens (including phenoxy) is 1. The summed E-state index contributed by atoms with van der Waals surface area (Å²) in [5, 5.41) is 19.1. The van der Waals surface area contributed by atoms with Crippen LogP contribution >= 0.6 is 0 Å². The topological polar surface area (TPSA) is 66.8 Å². The summed E-state index contributed by atoms with van der Waals surface area (Å²) in [7, 11) is 0. The average molecular weight is 252 g/mol. The Labute approximate surface area is 107 Å². The van der Waals surface area contributed by atoms with Crippen LogP contribution in [0.3, 0.4) is 0 Å². The lowest BCUT2D eigenvalue weighted by Crippen LogP contribution is -2.26. The number of benzene rings is 1. The van der Waals surface area contributed by atoms with Crippen LogP contribution in [0.25, 0.3) is 0 Å². The summed E-state index contributed by atoms with van der Waals surface area (Å²) >= 11 is 0. The molecule has 1 unspecified atom stereocenters. The van der Waals surface area contributed by atoms with Gasteiger partial charge < -0.3 is 14.9 Å². The Morgan fingerprint density at radius 2 is 1.94 bits per heavy atom. The van der Waals surface area contributed by atoms with Gasteiger partial charge >= 0.3 is 5.97 Å². The van der Waals surface area contributed by atoms with E-state index in [1.807, 2.05) is 26.8 Å². The van der Waals surface area contributed by atoms with Crippen molar-refractivity contribution in [2.45, 2.75) is 39.7 Å². The van der Waals surface area contributed by atoms with Crippen molar-refractivity contribution >= 4 is 5.97 Å². The van der Waals surface area contributed by atoms with Crippen molar-refractivity contribution in [2.75, 3.05) is 6.61 Å². The van der Waals surface area contributed by atoms with Gasteiger partial charge in [-0.25, -0.2) is 0 Å². The van der Waals surface area contributed by atoms with Gasteiger partial charge in [-0.3, -0.25) is 4.79 Å². The molecular formula is C14H20O4. The first-order valence-electron chi connectivity index (χ1n) is 5.96. The maximum absolute atomic E-state index is 10.8. The predicted octanol–water partition coefficient (Wildman–Crippen LogP) is 2.38. The highest BCUT2D eigenvalue weighted by Crippen LogP contribution is 2.32. The molecule has 0 bridgehead atoms. The van der Waals surface area contributed by atoms with E-state index in [1.54, 1.807) is 6.07 Å². The second-order valence-corrected chi connectivity index (χ2v) is 4.71. The standard InChI is InChI=1S/C14H20O4/c1-5-18-12-7-9(2)11(6-10(12)3)14(4,17)8-13(15)16/h6-7,17H,5,8H2,1-4H3,(H,15,16). The molecule has 0 aliphatic carbocycles. The van der Waals surface area contributed by atoms with Crippen LogP contribution in [0.2, 0.25) is 0 Å². The highest BCUT2D eigenvalue weighted by Gasteiger charge is 2.28. The predicted molar refractivity (Wildman–Crippen MR) is 68.9 cm³/mol. The summed E-state index contributed by atoms with van der Waals surface area (Å²) in [6, 6.07) is 3.63. The van der Waals surface area contributed by atoms with Crippen LogP contribution in [-0.4, -0.2) is 22.8 Å². The first kappa shape index (κ1) is 14.5. The number of hydrogen-bond acceptors (Lipinski definition) is 3. The van der Waals surface area contributed by atoms with Crippen molar-refractivity contribution in [3.05, 3.63) is 28.8 Å². The minimum Gasteiger partial charge on any atom is -0.494 e. The van der Waals surface area contributed by atoms with E-state index in [9.17, 15) is 9.90 Å². The van der Waals surface area contributed by atoms with E-state index in [-0.39, 0.29) is 6.42 Å². The number of aryl methyl sites for hydroxylation is 2. The summed E-state index contributed by atoms with van der Waals surface area (Å²) in [5.74, 6) is -0.254. The van der Waals surface area contributed by atoms with Crippen molar-refractivity contribution < 1.29 is 19.7 Å². The number of carboxylic acids is 1. The highest BCUT2D eigenvalue weighted by molar-refractivity contribution is 5.68. The first-order chi connectivity index (χ1) is 8.27. The van der Waals surface area contributed by atoms with Gasteiger partial charge in [0.15, 0.2) is 0 Å². The van der Waals surface area contributed by atoms with Gasteiger partial charge in [-0.15, -0.1) is 0 Å². The van der Waals surface area contributed by atoms with Crippen molar-refractivity contribution in [1.29, 1.82) is 0 Å². The molecule has 4 nitrogen and oxygen atoms in total. The lowest BCUT2D eigenvalue weighted by molar-refractivity contribution is -0.142. The van der Waals surface area contributed by atoms with E-state index in [1.165, 1.54) is 6.92 Å². The second kappa shape index (κ2) is 5.40. The minimum absolute atomic E-state index is 0.318. The van der Waals surface area contributed by atoms with Gasteiger partial charge in [0.25, 0.3) is 0 Å². The number of aliphatic carboxylic acids is 1. The Morgan fingerprint density at radius 3 is 2.44 bits per heavy atom. The summed E-state index contributed by atoms with van der Waals surface area (Å²) < 4.78 is 5.47. The van der Waals surface area contributed by atoms with Crippen LogP contribution in [0.5, 0.6) is 5.75 Å².